The van der Waals surface area contributed by atoms with Gasteiger partial charge in [-0.05, 0) is 29.5 Å². The van der Waals surface area contributed by atoms with Crippen molar-refractivity contribution in [3.05, 3.63) is 89.5 Å². The van der Waals surface area contributed by atoms with E-state index in [2.05, 4.69) is 57.3 Å². The van der Waals surface area contributed by atoms with Gasteiger partial charge in [-0.25, -0.2) is 9.78 Å². The van der Waals surface area contributed by atoms with Gasteiger partial charge in [-0.1, -0.05) is 54.6 Å². The molecule has 1 saturated heterocycles. The number of amides is 2. The van der Waals surface area contributed by atoms with E-state index in [9.17, 15) is 4.79 Å². The molecule has 1 atom stereocenters. The van der Waals surface area contributed by atoms with Crippen LogP contribution in [0.3, 0.4) is 0 Å². The first kappa shape index (κ1) is 19.8. The largest absolute Gasteiger partial charge is 0.364 e. The van der Waals surface area contributed by atoms with Crippen LogP contribution in [0.4, 0.5) is 4.79 Å². The lowest BCUT2D eigenvalue weighted by Crippen LogP contribution is -2.40. The van der Waals surface area contributed by atoms with Gasteiger partial charge >= 0.3 is 6.03 Å². The number of imidazole rings is 1. The van der Waals surface area contributed by atoms with Crippen molar-refractivity contribution in [2.45, 2.75) is 44.6 Å². The van der Waals surface area contributed by atoms with Gasteiger partial charge in [0.2, 0.25) is 0 Å². The summed E-state index contributed by atoms with van der Waals surface area (Å²) in [4.78, 5) is 19.1. The van der Waals surface area contributed by atoms with Gasteiger partial charge in [-0.3, -0.25) is 0 Å². The number of hydrogen-bond donors (Lipinski definition) is 1. The fourth-order valence-electron chi connectivity index (χ4n) is 4.75. The molecule has 2 aromatic carbocycles. The number of urea groups is 1. The van der Waals surface area contributed by atoms with Crippen LogP contribution in [-0.2, 0) is 36.5 Å². The Morgan fingerprint density at radius 2 is 1.97 bits per heavy atom. The van der Waals surface area contributed by atoms with Crippen LogP contribution < -0.4 is 5.32 Å². The van der Waals surface area contributed by atoms with E-state index in [4.69, 9.17) is 4.74 Å². The van der Waals surface area contributed by atoms with Crippen molar-refractivity contribution < 1.29 is 9.53 Å². The number of carbonyl (C=O) groups is 1. The first-order valence-electron chi connectivity index (χ1n) is 11.0. The van der Waals surface area contributed by atoms with Gasteiger partial charge in [0.25, 0.3) is 0 Å². The first-order valence-corrected chi connectivity index (χ1v) is 11.0. The van der Waals surface area contributed by atoms with Crippen LogP contribution >= 0.6 is 0 Å². The number of rotatable bonds is 6. The molecule has 1 spiro atoms. The number of likely N-dealkylation sites (tertiary alicyclic amines) is 1. The first-order chi connectivity index (χ1) is 15.2. The molecule has 3 aromatic rings. The van der Waals surface area contributed by atoms with E-state index < -0.39 is 0 Å². The van der Waals surface area contributed by atoms with E-state index in [1.165, 1.54) is 16.7 Å². The number of benzene rings is 2. The van der Waals surface area contributed by atoms with Crippen LogP contribution in [0.15, 0.2) is 67.0 Å². The number of carbonyl (C=O) groups excluding carboxylic acids is 1. The van der Waals surface area contributed by atoms with Gasteiger partial charge in [0.15, 0.2) is 0 Å². The van der Waals surface area contributed by atoms with Crippen LogP contribution in [0.25, 0.3) is 0 Å². The molecule has 31 heavy (non-hydrogen) atoms. The Morgan fingerprint density at radius 1 is 1.13 bits per heavy atom. The lowest BCUT2D eigenvalue weighted by atomic mass is 9.92. The number of ether oxygens (including phenoxy) is 1. The fraction of sp³-hybridized carbons (Fsp3) is 0.360. The van der Waals surface area contributed by atoms with Crippen molar-refractivity contribution >= 4 is 6.03 Å². The number of aryl methyl sites for hydroxylation is 2. The molecule has 2 aliphatic heterocycles. The summed E-state index contributed by atoms with van der Waals surface area (Å²) in [5, 5.41) is 3.05. The summed E-state index contributed by atoms with van der Waals surface area (Å²) in [7, 11) is 0. The molecule has 6 heteroatoms. The van der Waals surface area contributed by atoms with Crippen LogP contribution in [0.1, 0.15) is 35.4 Å². The number of hydrogen-bond acceptors (Lipinski definition) is 3. The van der Waals surface area contributed by atoms with E-state index in [1.807, 2.05) is 23.2 Å². The third-order valence-corrected chi connectivity index (χ3v) is 6.44. The zero-order chi connectivity index (χ0) is 21.1. The highest BCUT2D eigenvalue weighted by atomic mass is 16.5. The SMILES string of the molecule is O=C(NCc1nccn1CCCc1ccccc1)N1CCC2(C1)OCc1ccccc12. The number of aromatic nitrogens is 2. The topological polar surface area (TPSA) is 59.4 Å². The summed E-state index contributed by atoms with van der Waals surface area (Å²) in [6.45, 7) is 3.24. The van der Waals surface area contributed by atoms with E-state index in [1.54, 1.807) is 6.20 Å². The highest BCUT2D eigenvalue weighted by molar-refractivity contribution is 5.74. The normalized spacial score (nSPS) is 19.7. The third kappa shape index (κ3) is 4.08. The minimum atomic E-state index is -0.343. The fourth-order valence-corrected chi connectivity index (χ4v) is 4.75. The third-order valence-electron chi connectivity index (χ3n) is 6.44. The monoisotopic (exact) mass is 416 g/mol. The Balaban J connectivity index is 1.14. The molecule has 5 rings (SSSR count). The van der Waals surface area contributed by atoms with Gasteiger partial charge in [0.1, 0.15) is 11.4 Å². The number of nitrogens with zero attached hydrogens (tertiary/aromatic N) is 3. The highest BCUT2D eigenvalue weighted by Gasteiger charge is 2.46. The number of nitrogens with one attached hydrogen (secondary N) is 1. The smallest absolute Gasteiger partial charge is 0.317 e. The van der Waals surface area contributed by atoms with E-state index in [0.29, 0.717) is 26.2 Å². The molecule has 2 amide bonds. The molecule has 0 radical (unpaired) electrons. The molecule has 0 saturated carbocycles. The van der Waals surface area contributed by atoms with Gasteiger partial charge in [0.05, 0.1) is 19.7 Å². The van der Waals surface area contributed by atoms with Gasteiger partial charge < -0.3 is 19.5 Å². The predicted octanol–water partition coefficient (Wildman–Crippen LogP) is 3.86. The van der Waals surface area contributed by atoms with E-state index >= 15 is 0 Å². The lowest BCUT2D eigenvalue weighted by molar-refractivity contribution is -0.0272. The maximum absolute atomic E-state index is 12.8. The molecular weight excluding hydrogens is 388 g/mol. The summed E-state index contributed by atoms with van der Waals surface area (Å²) in [5.74, 6) is 0.887. The Bertz CT molecular complexity index is 1050. The zero-order valence-corrected chi connectivity index (χ0v) is 17.7. The second-order valence-corrected chi connectivity index (χ2v) is 8.40. The molecule has 2 aliphatic rings. The van der Waals surface area contributed by atoms with Crippen LogP contribution in [-0.4, -0.2) is 33.6 Å². The van der Waals surface area contributed by atoms with Crippen molar-refractivity contribution in [2.75, 3.05) is 13.1 Å². The highest BCUT2D eigenvalue weighted by Crippen LogP contribution is 2.43. The predicted molar refractivity (Wildman–Crippen MR) is 118 cm³/mol. The second-order valence-electron chi connectivity index (χ2n) is 8.40. The second kappa shape index (κ2) is 8.55. The Labute approximate surface area is 182 Å². The van der Waals surface area contributed by atoms with Crippen LogP contribution in [0.2, 0.25) is 0 Å². The standard InChI is InChI=1S/C25H28N4O2/c30-24(29-15-12-25(19-29)22-11-5-4-10-21(22)18-31-25)27-17-23-26-13-16-28(23)14-6-9-20-7-2-1-3-8-20/h1-5,7-8,10-11,13,16H,6,9,12,14-15,17-19H2,(H,27,30). The van der Waals surface area contributed by atoms with Crippen LogP contribution in [0.5, 0.6) is 0 Å². The van der Waals surface area contributed by atoms with Crippen molar-refractivity contribution in [2.24, 2.45) is 0 Å². The number of fused-ring (bicyclic) bond motifs is 2. The average Bonchev–Trinajstić information content (AvgIpc) is 3.53. The molecule has 160 valence electrons. The Hall–Kier alpha value is -3.12. The zero-order valence-electron chi connectivity index (χ0n) is 17.7. The average molecular weight is 417 g/mol. The summed E-state index contributed by atoms with van der Waals surface area (Å²) < 4.78 is 8.29. The molecule has 1 aromatic heterocycles. The minimum absolute atomic E-state index is 0.0521. The van der Waals surface area contributed by atoms with Gasteiger partial charge in [0, 0.05) is 31.9 Å². The van der Waals surface area contributed by atoms with Crippen LogP contribution in [0, 0.1) is 0 Å². The summed E-state index contributed by atoms with van der Waals surface area (Å²) in [6.07, 6.45) is 6.69. The maximum atomic E-state index is 12.8. The Morgan fingerprint density at radius 3 is 2.87 bits per heavy atom. The molecule has 0 bridgehead atoms. The molecular formula is C25H28N4O2. The van der Waals surface area contributed by atoms with Gasteiger partial charge in [-0.2, -0.15) is 0 Å². The molecule has 3 heterocycles. The van der Waals surface area contributed by atoms with E-state index in [0.717, 1.165) is 31.6 Å². The van der Waals surface area contributed by atoms with Crippen molar-refractivity contribution in [3.63, 3.8) is 0 Å². The lowest BCUT2D eigenvalue weighted by Gasteiger charge is -2.25. The van der Waals surface area contributed by atoms with Crippen molar-refractivity contribution in [1.82, 2.24) is 19.8 Å². The van der Waals surface area contributed by atoms with E-state index in [-0.39, 0.29) is 11.6 Å². The summed E-state index contributed by atoms with van der Waals surface area (Å²) >= 11 is 0. The Kier molecular flexibility index (Phi) is 5.47. The quantitative estimate of drug-likeness (QED) is 0.664. The van der Waals surface area contributed by atoms with Crippen molar-refractivity contribution in [3.8, 4) is 0 Å². The maximum Gasteiger partial charge on any atom is 0.317 e. The molecule has 6 nitrogen and oxygen atoms in total. The molecule has 1 fully saturated rings. The van der Waals surface area contributed by atoms with Gasteiger partial charge in [-0.15, -0.1) is 0 Å². The summed E-state index contributed by atoms with van der Waals surface area (Å²) in [5.41, 5.74) is 3.47. The minimum Gasteiger partial charge on any atom is -0.364 e. The molecule has 0 aliphatic carbocycles. The summed E-state index contributed by atoms with van der Waals surface area (Å²) in [6, 6.07) is 18.8. The molecule has 1 unspecified atom stereocenters. The van der Waals surface area contributed by atoms with Crippen molar-refractivity contribution in [1.29, 1.82) is 0 Å². The molecule has 1 N–H and O–H groups in total.